The first-order chi connectivity index (χ1) is 14.2. The number of hydrogen-bond donors (Lipinski definition) is 0. The molecule has 6 heteroatoms. The van der Waals surface area contributed by atoms with E-state index < -0.39 is 0 Å². The minimum atomic E-state index is -0.110. The number of aromatic nitrogens is 2. The van der Waals surface area contributed by atoms with E-state index in [4.69, 9.17) is 0 Å². The summed E-state index contributed by atoms with van der Waals surface area (Å²) in [6.07, 6.45) is 4.32. The van der Waals surface area contributed by atoms with Crippen molar-refractivity contribution in [2.75, 3.05) is 31.1 Å². The van der Waals surface area contributed by atoms with Gasteiger partial charge in [0, 0.05) is 55.2 Å². The second kappa shape index (κ2) is 9.29. The zero-order valence-electron chi connectivity index (χ0n) is 16.2. The fourth-order valence-electron chi connectivity index (χ4n) is 3.61. The van der Waals surface area contributed by atoms with E-state index >= 15 is 0 Å². The molecular formula is C23H23BrN4O. The molecular weight excluding hydrogens is 428 g/mol. The molecule has 0 saturated carbocycles. The van der Waals surface area contributed by atoms with Crippen LogP contribution in [0.4, 0.5) is 5.82 Å². The average molecular weight is 451 g/mol. The van der Waals surface area contributed by atoms with Gasteiger partial charge in [-0.05, 0) is 46.1 Å². The normalized spacial score (nSPS) is 15.1. The molecule has 3 aromatic rings. The van der Waals surface area contributed by atoms with Crippen molar-refractivity contribution in [1.29, 1.82) is 0 Å². The predicted octanol–water partition coefficient (Wildman–Crippen LogP) is 4.18. The molecule has 0 bridgehead atoms. The Kier molecular flexibility index (Phi) is 6.32. The minimum absolute atomic E-state index is 0.110. The third kappa shape index (κ3) is 5.08. The Morgan fingerprint density at radius 3 is 2.66 bits per heavy atom. The summed E-state index contributed by atoms with van der Waals surface area (Å²) in [4.78, 5) is 26.3. The molecule has 1 saturated heterocycles. The van der Waals surface area contributed by atoms with E-state index in [0.717, 1.165) is 49.4 Å². The van der Waals surface area contributed by atoms with Crippen LogP contribution >= 0.6 is 15.9 Å². The molecule has 148 valence electrons. The number of halogens is 1. The van der Waals surface area contributed by atoms with E-state index in [0.29, 0.717) is 11.3 Å². The van der Waals surface area contributed by atoms with Gasteiger partial charge in [0.2, 0.25) is 5.78 Å². The third-order valence-electron chi connectivity index (χ3n) is 5.10. The second-order valence-corrected chi connectivity index (χ2v) is 8.12. The number of benzene rings is 1. The fraction of sp³-hybridized carbons (Fsp3) is 0.261. The van der Waals surface area contributed by atoms with Gasteiger partial charge in [-0.15, -0.1) is 0 Å². The van der Waals surface area contributed by atoms with E-state index in [1.807, 2.05) is 12.1 Å². The van der Waals surface area contributed by atoms with Crippen molar-refractivity contribution < 1.29 is 4.79 Å². The highest BCUT2D eigenvalue weighted by Crippen LogP contribution is 2.18. The third-order valence-corrected chi connectivity index (χ3v) is 5.53. The number of nitrogens with zero attached hydrogens (tertiary/aromatic N) is 4. The monoisotopic (exact) mass is 450 g/mol. The first kappa shape index (κ1) is 19.7. The van der Waals surface area contributed by atoms with Crippen LogP contribution in [0.3, 0.4) is 0 Å². The van der Waals surface area contributed by atoms with Crippen LogP contribution in [0.1, 0.15) is 28.0 Å². The summed E-state index contributed by atoms with van der Waals surface area (Å²) in [7, 11) is 0. The fourth-order valence-corrected chi connectivity index (χ4v) is 3.97. The number of carbonyl (C=O) groups excluding carboxylic acids is 1. The molecule has 0 atom stereocenters. The number of pyridine rings is 2. The van der Waals surface area contributed by atoms with Crippen molar-refractivity contribution in [2.45, 2.75) is 13.0 Å². The summed E-state index contributed by atoms with van der Waals surface area (Å²) >= 11 is 3.37. The zero-order valence-corrected chi connectivity index (χ0v) is 17.8. The Bertz CT molecular complexity index is 979. The molecule has 2 aromatic heterocycles. The highest BCUT2D eigenvalue weighted by atomic mass is 79.9. The van der Waals surface area contributed by atoms with Gasteiger partial charge in [-0.1, -0.05) is 36.4 Å². The molecule has 0 aliphatic carbocycles. The quantitative estimate of drug-likeness (QED) is 0.545. The molecule has 0 radical (unpaired) electrons. The Labute approximate surface area is 179 Å². The average Bonchev–Trinajstić information content (AvgIpc) is 3.00. The van der Waals surface area contributed by atoms with Gasteiger partial charge in [-0.2, -0.15) is 0 Å². The van der Waals surface area contributed by atoms with Crippen LogP contribution in [0.25, 0.3) is 0 Å². The van der Waals surface area contributed by atoms with E-state index in [9.17, 15) is 4.79 Å². The van der Waals surface area contributed by atoms with Gasteiger partial charge in [0.1, 0.15) is 11.5 Å². The standard InChI is InChI=1S/C23H23BrN4O/c24-20-14-19(15-25-16-20)23(29)21-8-4-9-22(26-21)28-11-5-10-27(12-13-28)17-18-6-2-1-3-7-18/h1-4,6-9,14-16H,5,10-13,17H2. The summed E-state index contributed by atoms with van der Waals surface area (Å²) in [5, 5.41) is 0. The summed E-state index contributed by atoms with van der Waals surface area (Å²) < 4.78 is 0.783. The maximum absolute atomic E-state index is 12.8. The first-order valence-corrected chi connectivity index (χ1v) is 10.6. The van der Waals surface area contributed by atoms with Crippen LogP contribution in [0.15, 0.2) is 71.5 Å². The molecule has 0 N–H and O–H groups in total. The lowest BCUT2D eigenvalue weighted by atomic mass is 10.1. The van der Waals surface area contributed by atoms with E-state index in [-0.39, 0.29) is 5.78 Å². The second-order valence-electron chi connectivity index (χ2n) is 7.20. The lowest BCUT2D eigenvalue weighted by Gasteiger charge is -2.23. The largest absolute Gasteiger partial charge is 0.355 e. The summed E-state index contributed by atoms with van der Waals surface area (Å²) in [5.41, 5.74) is 2.33. The van der Waals surface area contributed by atoms with Crippen molar-refractivity contribution in [3.63, 3.8) is 0 Å². The van der Waals surface area contributed by atoms with Crippen LogP contribution < -0.4 is 4.90 Å². The molecule has 1 aliphatic rings. The molecule has 0 spiro atoms. The molecule has 3 heterocycles. The highest BCUT2D eigenvalue weighted by molar-refractivity contribution is 9.10. The zero-order chi connectivity index (χ0) is 20.1. The molecule has 4 rings (SSSR count). The Balaban J connectivity index is 1.45. The van der Waals surface area contributed by atoms with Crippen molar-refractivity contribution in [3.05, 3.63) is 88.3 Å². The molecule has 5 nitrogen and oxygen atoms in total. The SMILES string of the molecule is O=C(c1cncc(Br)c1)c1cccc(N2CCCN(Cc3ccccc3)CC2)n1. The first-order valence-electron chi connectivity index (χ1n) is 9.82. The number of anilines is 1. The minimum Gasteiger partial charge on any atom is -0.355 e. The Morgan fingerprint density at radius 1 is 0.966 bits per heavy atom. The van der Waals surface area contributed by atoms with Gasteiger partial charge in [-0.3, -0.25) is 14.7 Å². The summed E-state index contributed by atoms with van der Waals surface area (Å²) in [6, 6.07) is 18.0. The topological polar surface area (TPSA) is 49.3 Å². The van der Waals surface area contributed by atoms with E-state index in [2.05, 4.69) is 66.0 Å². The van der Waals surface area contributed by atoms with Crippen LogP contribution in [0.5, 0.6) is 0 Å². The molecule has 0 unspecified atom stereocenters. The Morgan fingerprint density at radius 2 is 1.83 bits per heavy atom. The Hall–Kier alpha value is -2.57. The van der Waals surface area contributed by atoms with Crippen LogP contribution in [-0.2, 0) is 6.54 Å². The van der Waals surface area contributed by atoms with E-state index in [1.165, 1.54) is 5.56 Å². The number of ketones is 1. The van der Waals surface area contributed by atoms with Crippen molar-refractivity contribution in [3.8, 4) is 0 Å². The molecule has 1 aliphatic heterocycles. The van der Waals surface area contributed by atoms with Crippen molar-refractivity contribution in [1.82, 2.24) is 14.9 Å². The molecule has 0 amide bonds. The van der Waals surface area contributed by atoms with Gasteiger partial charge in [0.05, 0.1) is 0 Å². The summed E-state index contributed by atoms with van der Waals surface area (Å²) in [6.45, 7) is 4.85. The molecule has 1 fully saturated rings. The lowest BCUT2D eigenvalue weighted by Crippen LogP contribution is -2.31. The van der Waals surface area contributed by atoms with Crippen molar-refractivity contribution >= 4 is 27.5 Å². The lowest BCUT2D eigenvalue weighted by molar-refractivity contribution is 0.103. The van der Waals surface area contributed by atoms with Gasteiger partial charge in [0.25, 0.3) is 0 Å². The van der Waals surface area contributed by atoms with Gasteiger partial charge < -0.3 is 4.90 Å². The maximum Gasteiger partial charge on any atom is 0.213 e. The number of rotatable bonds is 5. The predicted molar refractivity (Wildman–Crippen MR) is 118 cm³/mol. The van der Waals surface area contributed by atoms with E-state index in [1.54, 1.807) is 24.5 Å². The number of hydrogen-bond acceptors (Lipinski definition) is 5. The van der Waals surface area contributed by atoms with Crippen molar-refractivity contribution in [2.24, 2.45) is 0 Å². The summed E-state index contributed by atoms with van der Waals surface area (Å²) in [5.74, 6) is 0.751. The highest BCUT2D eigenvalue weighted by Gasteiger charge is 2.18. The number of carbonyl (C=O) groups is 1. The van der Waals surface area contributed by atoms with Gasteiger partial charge in [0.15, 0.2) is 0 Å². The van der Waals surface area contributed by atoms with Crippen LogP contribution in [0, 0.1) is 0 Å². The molecule has 29 heavy (non-hydrogen) atoms. The smallest absolute Gasteiger partial charge is 0.213 e. The maximum atomic E-state index is 12.8. The van der Waals surface area contributed by atoms with Crippen LogP contribution in [0.2, 0.25) is 0 Å². The molecule has 1 aromatic carbocycles. The van der Waals surface area contributed by atoms with Gasteiger partial charge >= 0.3 is 0 Å². The van der Waals surface area contributed by atoms with Crippen LogP contribution in [-0.4, -0.2) is 46.8 Å². The van der Waals surface area contributed by atoms with Gasteiger partial charge in [-0.25, -0.2) is 4.98 Å².